The molecule has 2 rings (SSSR count). The van der Waals surface area contributed by atoms with Gasteiger partial charge in [0.15, 0.2) is 0 Å². The molecule has 0 fully saturated rings. The molecule has 0 aliphatic heterocycles. The number of carbonyl (C=O) groups is 1. The fourth-order valence-corrected chi connectivity index (χ4v) is 2.08. The van der Waals surface area contributed by atoms with Crippen molar-refractivity contribution in [2.24, 2.45) is 0 Å². The molecule has 0 aliphatic carbocycles. The van der Waals surface area contributed by atoms with Crippen LogP contribution in [-0.4, -0.2) is 29.1 Å². The van der Waals surface area contributed by atoms with E-state index in [1.165, 1.54) is 0 Å². The lowest BCUT2D eigenvalue weighted by Gasteiger charge is -2.22. The van der Waals surface area contributed by atoms with Crippen LogP contribution >= 0.6 is 0 Å². The molecule has 1 N–H and O–H groups in total. The predicted molar refractivity (Wildman–Crippen MR) is 79.4 cm³/mol. The molecule has 1 amide bonds. The van der Waals surface area contributed by atoms with Crippen molar-refractivity contribution in [1.82, 2.24) is 4.90 Å². The van der Waals surface area contributed by atoms with Crippen molar-refractivity contribution in [2.75, 3.05) is 13.2 Å². The summed E-state index contributed by atoms with van der Waals surface area (Å²) in [5.74, 6) is -0.190. The van der Waals surface area contributed by atoms with Gasteiger partial charge < -0.3 is 10.0 Å². The van der Waals surface area contributed by atoms with Gasteiger partial charge in [0.2, 0.25) is 0 Å². The summed E-state index contributed by atoms with van der Waals surface area (Å²) in [4.78, 5) is 14.1. The molecular weight excluding hydrogens is 264 g/mol. The Morgan fingerprint density at radius 3 is 2.57 bits per heavy atom. The van der Waals surface area contributed by atoms with E-state index in [4.69, 9.17) is 10.4 Å². The van der Waals surface area contributed by atoms with E-state index in [1.54, 1.807) is 29.2 Å². The summed E-state index contributed by atoms with van der Waals surface area (Å²) in [6.07, 6.45) is 0. The SMILES string of the molecule is N#Cc1cccc(C(=O)N(CCO)Cc2ccccc2)c1. The molecule has 2 aromatic rings. The van der Waals surface area contributed by atoms with E-state index >= 15 is 0 Å². The van der Waals surface area contributed by atoms with Gasteiger partial charge in [-0.05, 0) is 23.8 Å². The average Bonchev–Trinajstić information content (AvgIpc) is 2.55. The fraction of sp³-hybridized carbons (Fsp3) is 0.176. The van der Waals surface area contributed by atoms with Crippen LogP contribution in [0.4, 0.5) is 0 Å². The van der Waals surface area contributed by atoms with Gasteiger partial charge in [-0.15, -0.1) is 0 Å². The highest BCUT2D eigenvalue weighted by molar-refractivity contribution is 5.94. The number of nitriles is 1. The van der Waals surface area contributed by atoms with Crippen LogP contribution in [0.15, 0.2) is 54.6 Å². The van der Waals surface area contributed by atoms with Gasteiger partial charge in [-0.25, -0.2) is 0 Å². The fourth-order valence-electron chi connectivity index (χ4n) is 2.08. The average molecular weight is 280 g/mol. The second-order valence-electron chi connectivity index (χ2n) is 4.63. The summed E-state index contributed by atoms with van der Waals surface area (Å²) in [6, 6.07) is 18.2. The molecule has 0 saturated heterocycles. The highest BCUT2D eigenvalue weighted by atomic mass is 16.3. The van der Waals surface area contributed by atoms with Gasteiger partial charge in [0, 0.05) is 18.7 Å². The van der Waals surface area contributed by atoms with Gasteiger partial charge in [-0.3, -0.25) is 4.79 Å². The monoisotopic (exact) mass is 280 g/mol. The third-order valence-electron chi connectivity index (χ3n) is 3.11. The number of rotatable bonds is 5. The number of aliphatic hydroxyl groups is 1. The lowest BCUT2D eigenvalue weighted by Crippen LogP contribution is -2.33. The zero-order valence-corrected chi connectivity index (χ0v) is 11.6. The number of nitrogens with zero attached hydrogens (tertiary/aromatic N) is 2. The number of carbonyl (C=O) groups excluding carboxylic acids is 1. The Morgan fingerprint density at radius 2 is 1.90 bits per heavy atom. The third-order valence-corrected chi connectivity index (χ3v) is 3.11. The summed E-state index contributed by atoms with van der Waals surface area (Å²) in [5.41, 5.74) is 1.90. The molecule has 0 saturated carbocycles. The van der Waals surface area contributed by atoms with Crippen molar-refractivity contribution < 1.29 is 9.90 Å². The Morgan fingerprint density at radius 1 is 1.14 bits per heavy atom. The molecule has 0 unspecified atom stereocenters. The predicted octanol–water partition coefficient (Wildman–Crippen LogP) is 2.19. The highest BCUT2D eigenvalue weighted by Crippen LogP contribution is 2.11. The Hall–Kier alpha value is -2.64. The van der Waals surface area contributed by atoms with Crippen molar-refractivity contribution >= 4 is 5.91 Å². The third kappa shape index (κ3) is 3.91. The quantitative estimate of drug-likeness (QED) is 0.913. The lowest BCUT2D eigenvalue weighted by atomic mass is 10.1. The molecule has 0 spiro atoms. The van der Waals surface area contributed by atoms with Gasteiger partial charge >= 0.3 is 0 Å². The molecule has 106 valence electrons. The largest absolute Gasteiger partial charge is 0.395 e. The standard InChI is InChI=1S/C17H16N2O2/c18-12-15-7-4-8-16(11-15)17(21)19(9-10-20)13-14-5-2-1-3-6-14/h1-8,11,20H,9-10,13H2. The van der Waals surface area contributed by atoms with Gasteiger partial charge in [0.05, 0.1) is 18.2 Å². The molecule has 0 radical (unpaired) electrons. The maximum atomic E-state index is 12.5. The number of aliphatic hydroxyl groups excluding tert-OH is 1. The Kier molecular flexibility index (Phi) is 5.08. The van der Waals surface area contributed by atoms with Crippen LogP contribution in [0.5, 0.6) is 0 Å². The molecule has 2 aromatic carbocycles. The van der Waals surface area contributed by atoms with E-state index in [0.29, 0.717) is 17.7 Å². The normalized spacial score (nSPS) is 9.90. The zero-order valence-electron chi connectivity index (χ0n) is 11.6. The molecule has 4 nitrogen and oxygen atoms in total. The Labute approximate surface area is 123 Å². The van der Waals surface area contributed by atoms with Crippen LogP contribution in [-0.2, 0) is 6.54 Å². The second-order valence-corrected chi connectivity index (χ2v) is 4.63. The first-order valence-electron chi connectivity index (χ1n) is 6.69. The van der Waals surface area contributed by atoms with E-state index in [1.807, 2.05) is 36.4 Å². The van der Waals surface area contributed by atoms with E-state index in [9.17, 15) is 4.79 Å². The number of hydrogen-bond acceptors (Lipinski definition) is 3. The minimum Gasteiger partial charge on any atom is -0.395 e. The van der Waals surface area contributed by atoms with Crippen LogP contribution in [0.2, 0.25) is 0 Å². The van der Waals surface area contributed by atoms with Crippen LogP contribution in [0.25, 0.3) is 0 Å². The van der Waals surface area contributed by atoms with Crippen molar-refractivity contribution in [3.05, 3.63) is 71.3 Å². The molecule has 0 aliphatic rings. The van der Waals surface area contributed by atoms with E-state index < -0.39 is 0 Å². The minimum atomic E-state index is -0.190. The molecule has 0 aromatic heterocycles. The van der Waals surface area contributed by atoms with Crippen molar-refractivity contribution in [2.45, 2.75) is 6.54 Å². The van der Waals surface area contributed by atoms with Crippen LogP contribution in [0.3, 0.4) is 0 Å². The molecule has 0 bridgehead atoms. The number of hydrogen-bond donors (Lipinski definition) is 1. The smallest absolute Gasteiger partial charge is 0.254 e. The van der Waals surface area contributed by atoms with Gasteiger partial charge in [-0.2, -0.15) is 5.26 Å². The first-order valence-corrected chi connectivity index (χ1v) is 6.69. The summed E-state index contributed by atoms with van der Waals surface area (Å²) in [5, 5.41) is 18.1. The molecular formula is C17H16N2O2. The molecule has 4 heteroatoms. The summed E-state index contributed by atoms with van der Waals surface area (Å²) in [7, 11) is 0. The Bertz CT molecular complexity index is 647. The maximum absolute atomic E-state index is 12.5. The van der Waals surface area contributed by atoms with Crippen LogP contribution in [0.1, 0.15) is 21.5 Å². The van der Waals surface area contributed by atoms with E-state index in [0.717, 1.165) is 5.56 Å². The van der Waals surface area contributed by atoms with Crippen LogP contribution in [0, 0.1) is 11.3 Å². The first kappa shape index (κ1) is 14.8. The topological polar surface area (TPSA) is 64.3 Å². The number of amides is 1. The van der Waals surface area contributed by atoms with Gasteiger partial charge in [0.1, 0.15) is 0 Å². The first-order chi connectivity index (χ1) is 10.2. The summed E-state index contributed by atoms with van der Waals surface area (Å²) < 4.78 is 0. The minimum absolute atomic E-state index is 0.101. The van der Waals surface area contributed by atoms with Gasteiger partial charge in [-0.1, -0.05) is 36.4 Å². The van der Waals surface area contributed by atoms with Crippen LogP contribution < -0.4 is 0 Å². The van der Waals surface area contributed by atoms with E-state index in [2.05, 4.69) is 0 Å². The van der Waals surface area contributed by atoms with Gasteiger partial charge in [0.25, 0.3) is 5.91 Å². The van der Waals surface area contributed by atoms with Crippen molar-refractivity contribution in [1.29, 1.82) is 5.26 Å². The Balaban J connectivity index is 2.21. The van der Waals surface area contributed by atoms with Crippen molar-refractivity contribution in [3.8, 4) is 6.07 Å². The second kappa shape index (κ2) is 7.22. The molecule has 0 atom stereocenters. The lowest BCUT2D eigenvalue weighted by molar-refractivity contribution is 0.0708. The molecule has 0 heterocycles. The highest BCUT2D eigenvalue weighted by Gasteiger charge is 2.16. The molecule has 21 heavy (non-hydrogen) atoms. The summed E-state index contributed by atoms with van der Waals surface area (Å²) in [6.45, 7) is 0.581. The summed E-state index contributed by atoms with van der Waals surface area (Å²) >= 11 is 0. The van der Waals surface area contributed by atoms with Crippen molar-refractivity contribution in [3.63, 3.8) is 0 Å². The van der Waals surface area contributed by atoms with E-state index in [-0.39, 0.29) is 19.1 Å². The number of benzene rings is 2. The maximum Gasteiger partial charge on any atom is 0.254 e. The zero-order chi connectivity index (χ0) is 15.1.